The second-order valence-electron chi connectivity index (χ2n) is 3.78. The van der Waals surface area contributed by atoms with Gasteiger partial charge >= 0.3 is 0 Å². The number of nitrogens with zero attached hydrogens (tertiary/aromatic N) is 2. The third kappa shape index (κ3) is 2.66. The van der Waals surface area contributed by atoms with Crippen molar-refractivity contribution in [1.29, 1.82) is 0 Å². The zero-order valence-corrected chi connectivity index (χ0v) is 10.4. The highest BCUT2D eigenvalue weighted by atomic mass is 35.5. The highest BCUT2D eigenvalue weighted by Crippen LogP contribution is 2.23. The molecule has 1 atom stereocenters. The standard InChI is InChI=1S/C12H15ClN4/c1-2-17-8-10(7-15-17)12(16-14)9-4-3-5-11(13)6-9/h3-8,12,16H,2,14H2,1H3. The molecule has 1 unspecified atom stereocenters. The van der Waals surface area contributed by atoms with Gasteiger partial charge in [-0.1, -0.05) is 23.7 Å². The SMILES string of the molecule is CCn1cc(C(NN)c2cccc(Cl)c2)cn1. The van der Waals surface area contributed by atoms with E-state index in [0.29, 0.717) is 5.02 Å². The molecule has 0 bridgehead atoms. The molecule has 0 aliphatic rings. The second-order valence-corrected chi connectivity index (χ2v) is 4.22. The van der Waals surface area contributed by atoms with Gasteiger partial charge in [-0.05, 0) is 24.6 Å². The number of hydrogen-bond donors (Lipinski definition) is 2. The van der Waals surface area contributed by atoms with Crippen LogP contribution in [0.3, 0.4) is 0 Å². The van der Waals surface area contributed by atoms with Crippen molar-refractivity contribution in [3.8, 4) is 0 Å². The minimum absolute atomic E-state index is 0.0889. The molecule has 90 valence electrons. The van der Waals surface area contributed by atoms with Gasteiger partial charge in [0.05, 0.1) is 12.2 Å². The zero-order chi connectivity index (χ0) is 12.3. The quantitative estimate of drug-likeness (QED) is 0.646. The Labute approximate surface area is 105 Å². The molecule has 0 spiro atoms. The number of hydrazine groups is 1. The normalized spacial score (nSPS) is 12.6. The maximum atomic E-state index is 5.98. The van der Waals surface area contributed by atoms with Crippen molar-refractivity contribution in [2.45, 2.75) is 19.5 Å². The summed E-state index contributed by atoms with van der Waals surface area (Å²) in [5, 5.41) is 4.94. The summed E-state index contributed by atoms with van der Waals surface area (Å²) in [6.07, 6.45) is 3.79. The van der Waals surface area contributed by atoms with E-state index in [4.69, 9.17) is 17.4 Å². The molecule has 2 aromatic rings. The molecule has 0 saturated heterocycles. The zero-order valence-electron chi connectivity index (χ0n) is 9.60. The van der Waals surface area contributed by atoms with Crippen LogP contribution in [-0.4, -0.2) is 9.78 Å². The number of hydrogen-bond acceptors (Lipinski definition) is 3. The van der Waals surface area contributed by atoms with E-state index in [-0.39, 0.29) is 6.04 Å². The average molecular weight is 251 g/mol. The maximum Gasteiger partial charge on any atom is 0.0741 e. The van der Waals surface area contributed by atoms with Crippen LogP contribution in [0.5, 0.6) is 0 Å². The number of aryl methyl sites for hydroxylation is 1. The van der Waals surface area contributed by atoms with Crippen LogP contribution in [0.1, 0.15) is 24.1 Å². The molecular formula is C12H15ClN4. The topological polar surface area (TPSA) is 55.9 Å². The molecule has 5 heteroatoms. The van der Waals surface area contributed by atoms with Crippen molar-refractivity contribution < 1.29 is 0 Å². The molecular weight excluding hydrogens is 236 g/mol. The van der Waals surface area contributed by atoms with Gasteiger partial charge in [0.1, 0.15) is 0 Å². The first-order valence-electron chi connectivity index (χ1n) is 5.48. The monoisotopic (exact) mass is 250 g/mol. The Bertz CT molecular complexity index is 495. The summed E-state index contributed by atoms with van der Waals surface area (Å²) in [5.41, 5.74) is 4.84. The van der Waals surface area contributed by atoms with E-state index in [2.05, 4.69) is 10.5 Å². The molecule has 1 aromatic carbocycles. The fraction of sp³-hybridized carbons (Fsp3) is 0.250. The number of nitrogens with two attached hydrogens (primary N) is 1. The van der Waals surface area contributed by atoms with Gasteiger partial charge < -0.3 is 0 Å². The lowest BCUT2D eigenvalue weighted by atomic mass is 10.0. The Kier molecular flexibility index (Phi) is 3.78. The third-order valence-electron chi connectivity index (χ3n) is 2.66. The molecule has 1 heterocycles. The molecule has 4 nitrogen and oxygen atoms in total. The second kappa shape index (κ2) is 5.31. The number of aromatic nitrogens is 2. The lowest BCUT2D eigenvalue weighted by Crippen LogP contribution is -2.28. The van der Waals surface area contributed by atoms with Gasteiger partial charge in [-0.2, -0.15) is 5.10 Å². The van der Waals surface area contributed by atoms with E-state index in [9.17, 15) is 0 Å². The smallest absolute Gasteiger partial charge is 0.0741 e. The maximum absolute atomic E-state index is 5.98. The van der Waals surface area contributed by atoms with Crippen molar-refractivity contribution in [1.82, 2.24) is 15.2 Å². The van der Waals surface area contributed by atoms with Crippen molar-refractivity contribution in [2.75, 3.05) is 0 Å². The van der Waals surface area contributed by atoms with Crippen LogP contribution >= 0.6 is 11.6 Å². The van der Waals surface area contributed by atoms with E-state index in [0.717, 1.165) is 17.7 Å². The predicted molar refractivity (Wildman–Crippen MR) is 68.5 cm³/mol. The van der Waals surface area contributed by atoms with E-state index in [1.54, 1.807) is 0 Å². The van der Waals surface area contributed by atoms with Gasteiger partial charge in [0.15, 0.2) is 0 Å². The number of benzene rings is 1. The van der Waals surface area contributed by atoms with E-state index in [1.807, 2.05) is 48.3 Å². The van der Waals surface area contributed by atoms with Crippen LogP contribution in [0.2, 0.25) is 5.02 Å². The number of rotatable bonds is 4. The summed E-state index contributed by atoms with van der Waals surface area (Å²) in [6, 6.07) is 7.55. The van der Waals surface area contributed by atoms with Crippen LogP contribution < -0.4 is 11.3 Å². The van der Waals surface area contributed by atoms with E-state index < -0.39 is 0 Å². The molecule has 0 aliphatic carbocycles. The summed E-state index contributed by atoms with van der Waals surface area (Å²) < 4.78 is 1.87. The van der Waals surface area contributed by atoms with Crippen molar-refractivity contribution in [3.05, 3.63) is 52.8 Å². The number of halogens is 1. The van der Waals surface area contributed by atoms with E-state index >= 15 is 0 Å². The minimum atomic E-state index is -0.0889. The molecule has 0 saturated carbocycles. The first-order valence-corrected chi connectivity index (χ1v) is 5.86. The highest BCUT2D eigenvalue weighted by molar-refractivity contribution is 6.30. The van der Waals surface area contributed by atoms with Gasteiger partial charge in [0.2, 0.25) is 0 Å². The molecule has 0 radical (unpaired) electrons. The fourth-order valence-corrected chi connectivity index (χ4v) is 1.97. The van der Waals surface area contributed by atoms with Crippen LogP contribution in [0, 0.1) is 0 Å². The minimum Gasteiger partial charge on any atom is -0.273 e. The molecule has 2 rings (SSSR count). The largest absolute Gasteiger partial charge is 0.273 e. The van der Waals surface area contributed by atoms with Crippen LogP contribution in [-0.2, 0) is 6.54 Å². The Hall–Kier alpha value is -1.36. The van der Waals surface area contributed by atoms with Crippen molar-refractivity contribution >= 4 is 11.6 Å². The fourth-order valence-electron chi connectivity index (χ4n) is 1.77. The van der Waals surface area contributed by atoms with Crippen LogP contribution in [0.4, 0.5) is 0 Å². The molecule has 3 N–H and O–H groups in total. The van der Waals surface area contributed by atoms with Crippen LogP contribution in [0.25, 0.3) is 0 Å². The first-order chi connectivity index (χ1) is 8.24. The van der Waals surface area contributed by atoms with Gasteiger partial charge in [-0.25, -0.2) is 5.43 Å². The third-order valence-corrected chi connectivity index (χ3v) is 2.89. The summed E-state index contributed by atoms with van der Waals surface area (Å²) in [5.74, 6) is 5.61. The Morgan fingerprint density at radius 2 is 2.29 bits per heavy atom. The Morgan fingerprint density at radius 1 is 1.47 bits per heavy atom. The lowest BCUT2D eigenvalue weighted by molar-refractivity contribution is 0.630. The summed E-state index contributed by atoms with van der Waals surface area (Å²) in [6.45, 7) is 2.88. The van der Waals surface area contributed by atoms with Gasteiger partial charge in [-0.15, -0.1) is 0 Å². The molecule has 17 heavy (non-hydrogen) atoms. The number of nitrogens with one attached hydrogen (secondary N) is 1. The lowest BCUT2D eigenvalue weighted by Gasteiger charge is -2.14. The van der Waals surface area contributed by atoms with Gasteiger partial charge in [0, 0.05) is 23.3 Å². The molecule has 1 aromatic heterocycles. The Morgan fingerprint density at radius 3 is 2.88 bits per heavy atom. The van der Waals surface area contributed by atoms with Crippen LogP contribution in [0.15, 0.2) is 36.7 Å². The van der Waals surface area contributed by atoms with Crippen molar-refractivity contribution in [2.24, 2.45) is 5.84 Å². The Balaban J connectivity index is 2.33. The summed E-state index contributed by atoms with van der Waals surface area (Å²) >= 11 is 5.98. The molecule has 0 amide bonds. The molecule has 0 aliphatic heterocycles. The average Bonchev–Trinajstić information content (AvgIpc) is 2.79. The highest BCUT2D eigenvalue weighted by Gasteiger charge is 2.14. The molecule has 0 fully saturated rings. The predicted octanol–water partition coefficient (Wildman–Crippen LogP) is 2.11. The summed E-state index contributed by atoms with van der Waals surface area (Å²) in [4.78, 5) is 0. The van der Waals surface area contributed by atoms with E-state index in [1.165, 1.54) is 0 Å². The summed E-state index contributed by atoms with van der Waals surface area (Å²) in [7, 11) is 0. The van der Waals surface area contributed by atoms with Gasteiger partial charge in [-0.3, -0.25) is 10.5 Å². The van der Waals surface area contributed by atoms with Gasteiger partial charge in [0.25, 0.3) is 0 Å². The van der Waals surface area contributed by atoms with Crippen molar-refractivity contribution in [3.63, 3.8) is 0 Å². The first kappa shape index (κ1) is 12.1.